The Morgan fingerprint density at radius 1 is 1.04 bits per heavy atom. The van der Waals surface area contributed by atoms with Gasteiger partial charge in [0, 0.05) is 18.6 Å². The van der Waals surface area contributed by atoms with Crippen molar-refractivity contribution >= 4 is 0 Å². The third kappa shape index (κ3) is 3.70. The van der Waals surface area contributed by atoms with Gasteiger partial charge in [0.25, 0.3) is 0 Å². The fourth-order valence-corrected chi connectivity index (χ4v) is 5.15. The van der Waals surface area contributed by atoms with Crippen LogP contribution in [0.1, 0.15) is 54.4 Å². The predicted octanol–water partition coefficient (Wildman–Crippen LogP) is 5.42. The van der Waals surface area contributed by atoms with Crippen molar-refractivity contribution in [3.05, 3.63) is 70.8 Å². The van der Waals surface area contributed by atoms with E-state index >= 15 is 0 Å². The number of nitrogens with zero attached hydrogens (tertiary/aromatic N) is 1. The van der Waals surface area contributed by atoms with Gasteiger partial charge in [-0.25, -0.2) is 0 Å². The highest BCUT2D eigenvalue weighted by Crippen LogP contribution is 2.46. The molecule has 150 valence electrons. The van der Waals surface area contributed by atoms with Crippen LogP contribution in [0.15, 0.2) is 48.5 Å². The van der Waals surface area contributed by atoms with Gasteiger partial charge in [0.2, 0.25) is 0 Å². The van der Waals surface area contributed by atoms with Gasteiger partial charge in [0.1, 0.15) is 0 Å². The van der Waals surface area contributed by atoms with E-state index in [0.717, 1.165) is 31.9 Å². The summed E-state index contributed by atoms with van der Waals surface area (Å²) in [6, 6.07) is 14.6. The molecule has 2 fully saturated rings. The summed E-state index contributed by atoms with van der Waals surface area (Å²) >= 11 is 0. The van der Waals surface area contributed by atoms with E-state index in [0.29, 0.717) is 24.0 Å². The van der Waals surface area contributed by atoms with Crippen LogP contribution in [0, 0.1) is 6.92 Å². The SMILES string of the molecule is Cc1cc(C(F)(F)F)ccc1C1(O)CC2CCCC(C1)N2Cc1ccccc1. The Morgan fingerprint density at radius 2 is 1.68 bits per heavy atom. The molecule has 1 N–H and O–H groups in total. The van der Waals surface area contributed by atoms with Gasteiger partial charge in [-0.1, -0.05) is 42.8 Å². The van der Waals surface area contributed by atoms with Gasteiger partial charge in [0.05, 0.1) is 11.2 Å². The number of fused-ring (bicyclic) bond motifs is 2. The third-order valence-electron chi connectivity index (χ3n) is 6.42. The molecule has 0 amide bonds. The van der Waals surface area contributed by atoms with Gasteiger partial charge in [0.15, 0.2) is 0 Å². The molecule has 2 atom stereocenters. The monoisotopic (exact) mass is 389 g/mol. The normalized spacial score (nSPS) is 28.3. The molecule has 0 aromatic heterocycles. The molecule has 2 unspecified atom stereocenters. The second-order valence-electron chi connectivity index (χ2n) is 8.36. The standard InChI is InChI=1S/C23H26F3NO/c1-16-12-18(23(24,25)26)10-11-21(16)22(28)13-19-8-5-9-20(14-22)27(19)15-17-6-3-2-4-7-17/h2-4,6-7,10-12,19-20,28H,5,8-9,13-15H2,1H3. The van der Waals surface area contributed by atoms with E-state index in [1.165, 1.54) is 17.7 Å². The second kappa shape index (κ2) is 7.20. The average Bonchev–Trinajstić information content (AvgIpc) is 2.62. The molecular formula is C23H26F3NO. The summed E-state index contributed by atoms with van der Waals surface area (Å²) in [7, 11) is 0. The van der Waals surface area contributed by atoms with Gasteiger partial charge in [-0.2, -0.15) is 13.2 Å². The van der Waals surface area contributed by atoms with E-state index in [-0.39, 0.29) is 12.1 Å². The second-order valence-corrected chi connectivity index (χ2v) is 8.36. The van der Waals surface area contributed by atoms with Gasteiger partial charge in [-0.05, 0) is 61.4 Å². The molecule has 2 aliphatic heterocycles. The third-order valence-corrected chi connectivity index (χ3v) is 6.42. The molecular weight excluding hydrogens is 363 g/mol. The molecule has 2 saturated heterocycles. The maximum atomic E-state index is 13.0. The quantitative estimate of drug-likeness (QED) is 0.758. The molecule has 2 bridgehead atoms. The summed E-state index contributed by atoms with van der Waals surface area (Å²) in [4.78, 5) is 2.49. The topological polar surface area (TPSA) is 23.5 Å². The first kappa shape index (κ1) is 19.5. The Labute approximate surface area is 164 Å². The van der Waals surface area contributed by atoms with E-state index in [1.807, 2.05) is 18.2 Å². The average molecular weight is 389 g/mol. The molecule has 2 heterocycles. The number of aliphatic hydroxyl groups is 1. The van der Waals surface area contributed by atoms with Crippen LogP contribution in [-0.2, 0) is 18.3 Å². The van der Waals surface area contributed by atoms with Crippen LogP contribution in [0.5, 0.6) is 0 Å². The molecule has 4 rings (SSSR count). The number of alkyl halides is 3. The number of hydrogen-bond donors (Lipinski definition) is 1. The minimum absolute atomic E-state index is 0.249. The lowest BCUT2D eigenvalue weighted by atomic mass is 9.71. The maximum Gasteiger partial charge on any atom is 0.416 e. The number of rotatable bonds is 3. The molecule has 0 radical (unpaired) electrons. The minimum Gasteiger partial charge on any atom is -0.385 e. The molecule has 2 aliphatic rings. The summed E-state index contributed by atoms with van der Waals surface area (Å²) in [5.74, 6) is 0. The van der Waals surface area contributed by atoms with E-state index in [4.69, 9.17) is 0 Å². The summed E-state index contributed by atoms with van der Waals surface area (Å²) in [6.45, 7) is 2.53. The van der Waals surface area contributed by atoms with E-state index < -0.39 is 17.3 Å². The Balaban J connectivity index is 1.59. The molecule has 5 heteroatoms. The molecule has 0 aliphatic carbocycles. The van der Waals surface area contributed by atoms with Gasteiger partial charge in [-0.3, -0.25) is 4.90 Å². The van der Waals surface area contributed by atoms with Crippen molar-refractivity contribution in [2.45, 2.75) is 69.4 Å². The van der Waals surface area contributed by atoms with Crippen LogP contribution in [0.3, 0.4) is 0 Å². The van der Waals surface area contributed by atoms with Crippen LogP contribution < -0.4 is 0 Å². The highest BCUT2D eigenvalue weighted by Gasteiger charge is 2.47. The van der Waals surface area contributed by atoms with E-state index in [1.54, 1.807) is 6.92 Å². The Bertz CT molecular complexity index is 819. The van der Waals surface area contributed by atoms with Crippen LogP contribution in [0.25, 0.3) is 0 Å². The summed E-state index contributed by atoms with van der Waals surface area (Å²) in [6.07, 6.45) is -0.0358. The Kier molecular flexibility index (Phi) is 5.00. The molecule has 2 aromatic carbocycles. The zero-order valence-electron chi connectivity index (χ0n) is 16.0. The minimum atomic E-state index is -4.36. The molecule has 28 heavy (non-hydrogen) atoms. The van der Waals surface area contributed by atoms with Crippen LogP contribution in [-0.4, -0.2) is 22.1 Å². The van der Waals surface area contributed by atoms with Gasteiger partial charge < -0.3 is 5.11 Å². The number of aryl methyl sites for hydroxylation is 1. The van der Waals surface area contributed by atoms with Crippen molar-refractivity contribution in [3.8, 4) is 0 Å². The summed E-state index contributed by atoms with van der Waals surface area (Å²) in [5, 5.41) is 11.5. The highest BCUT2D eigenvalue weighted by molar-refractivity contribution is 5.37. The zero-order valence-corrected chi connectivity index (χ0v) is 16.0. The largest absolute Gasteiger partial charge is 0.416 e. The Morgan fingerprint density at radius 3 is 2.25 bits per heavy atom. The number of hydrogen-bond acceptors (Lipinski definition) is 2. The van der Waals surface area contributed by atoms with Crippen molar-refractivity contribution in [2.24, 2.45) is 0 Å². The van der Waals surface area contributed by atoms with Crippen molar-refractivity contribution < 1.29 is 18.3 Å². The number of benzene rings is 2. The fourth-order valence-electron chi connectivity index (χ4n) is 5.15. The van der Waals surface area contributed by atoms with Crippen molar-refractivity contribution in [3.63, 3.8) is 0 Å². The van der Waals surface area contributed by atoms with E-state index in [2.05, 4.69) is 17.0 Å². The Hall–Kier alpha value is -1.85. The lowest BCUT2D eigenvalue weighted by Crippen LogP contribution is -2.56. The van der Waals surface area contributed by atoms with Crippen molar-refractivity contribution in [1.82, 2.24) is 4.90 Å². The van der Waals surface area contributed by atoms with Crippen molar-refractivity contribution in [2.75, 3.05) is 0 Å². The zero-order chi connectivity index (χ0) is 19.9. The number of halogens is 3. The van der Waals surface area contributed by atoms with Crippen LogP contribution >= 0.6 is 0 Å². The van der Waals surface area contributed by atoms with Crippen LogP contribution in [0.2, 0.25) is 0 Å². The maximum absolute atomic E-state index is 13.0. The van der Waals surface area contributed by atoms with Crippen molar-refractivity contribution in [1.29, 1.82) is 0 Å². The first-order valence-corrected chi connectivity index (χ1v) is 9.97. The first-order valence-electron chi connectivity index (χ1n) is 9.97. The van der Waals surface area contributed by atoms with E-state index in [9.17, 15) is 18.3 Å². The van der Waals surface area contributed by atoms with Crippen LogP contribution in [0.4, 0.5) is 13.2 Å². The lowest BCUT2D eigenvalue weighted by molar-refractivity contribution is -0.137. The summed E-state index contributed by atoms with van der Waals surface area (Å²) < 4.78 is 39.0. The molecule has 2 aromatic rings. The molecule has 2 nitrogen and oxygen atoms in total. The predicted molar refractivity (Wildman–Crippen MR) is 103 cm³/mol. The first-order chi connectivity index (χ1) is 13.3. The fraction of sp³-hybridized carbons (Fsp3) is 0.478. The summed E-state index contributed by atoms with van der Waals surface area (Å²) in [5.41, 5.74) is 0.718. The van der Waals surface area contributed by atoms with Gasteiger partial charge >= 0.3 is 6.18 Å². The number of piperidine rings is 2. The van der Waals surface area contributed by atoms with Gasteiger partial charge in [-0.15, -0.1) is 0 Å². The molecule has 0 spiro atoms. The smallest absolute Gasteiger partial charge is 0.385 e. The lowest BCUT2D eigenvalue weighted by Gasteiger charge is -2.52. The molecule has 0 saturated carbocycles. The highest BCUT2D eigenvalue weighted by atomic mass is 19.4.